The van der Waals surface area contributed by atoms with Crippen molar-refractivity contribution in [3.05, 3.63) is 0 Å². The molecule has 104 valence electrons. The molecular formula is C14H25NO3. The molecule has 2 aliphatic rings. The van der Waals surface area contributed by atoms with Crippen molar-refractivity contribution in [3.63, 3.8) is 0 Å². The van der Waals surface area contributed by atoms with E-state index in [0.29, 0.717) is 18.6 Å². The zero-order valence-corrected chi connectivity index (χ0v) is 11.2. The molecule has 2 rings (SSSR count). The second kappa shape index (κ2) is 7.74. The van der Waals surface area contributed by atoms with E-state index < -0.39 is 0 Å². The molecule has 1 saturated heterocycles. The highest BCUT2D eigenvalue weighted by atomic mass is 16.5. The molecule has 1 aliphatic carbocycles. The van der Waals surface area contributed by atoms with Crippen LogP contribution in [0, 0.1) is 5.92 Å². The molecule has 0 bridgehead atoms. The van der Waals surface area contributed by atoms with Crippen molar-refractivity contribution in [1.82, 2.24) is 5.32 Å². The second-order valence-electron chi connectivity index (χ2n) is 5.47. The van der Waals surface area contributed by atoms with Gasteiger partial charge in [-0.1, -0.05) is 19.3 Å². The van der Waals surface area contributed by atoms with Crippen LogP contribution in [0.25, 0.3) is 0 Å². The van der Waals surface area contributed by atoms with Crippen LogP contribution in [0.15, 0.2) is 0 Å². The van der Waals surface area contributed by atoms with Crippen molar-refractivity contribution in [2.45, 2.75) is 51.0 Å². The minimum absolute atomic E-state index is 0.0500. The molecule has 4 heteroatoms. The molecule has 1 saturated carbocycles. The molecule has 0 unspecified atom stereocenters. The summed E-state index contributed by atoms with van der Waals surface area (Å²) in [7, 11) is 0. The largest absolute Gasteiger partial charge is 0.381 e. The number of carbonyl (C=O) groups excluding carboxylic acids is 1. The van der Waals surface area contributed by atoms with E-state index in [4.69, 9.17) is 9.47 Å². The molecule has 4 nitrogen and oxygen atoms in total. The van der Waals surface area contributed by atoms with Crippen molar-refractivity contribution in [2.75, 3.05) is 26.4 Å². The molecule has 0 aromatic heterocycles. The lowest BCUT2D eigenvalue weighted by Crippen LogP contribution is -2.38. The summed E-state index contributed by atoms with van der Waals surface area (Å²) in [5, 5.41) is 3.07. The van der Waals surface area contributed by atoms with Gasteiger partial charge in [-0.25, -0.2) is 0 Å². The fourth-order valence-corrected chi connectivity index (χ4v) is 2.75. The van der Waals surface area contributed by atoms with E-state index in [2.05, 4.69) is 5.32 Å². The van der Waals surface area contributed by atoms with E-state index in [-0.39, 0.29) is 12.5 Å². The van der Waals surface area contributed by atoms with Gasteiger partial charge >= 0.3 is 0 Å². The van der Waals surface area contributed by atoms with Gasteiger partial charge in [0.25, 0.3) is 0 Å². The summed E-state index contributed by atoms with van der Waals surface area (Å²) >= 11 is 0. The first-order valence-corrected chi connectivity index (χ1v) is 7.29. The van der Waals surface area contributed by atoms with Gasteiger partial charge in [-0.15, -0.1) is 0 Å². The highest BCUT2D eigenvalue weighted by Crippen LogP contribution is 2.17. The van der Waals surface area contributed by atoms with Gasteiger partial charge in [0.15, 0.2) is 0 Å². The maximum atomic E-state index is 11.7. The predicted molar refractivity (Wildman–Crippen MR) is 69.4 cm³/mol. The Kier molecular flexibility index (Phi) is 5.94. The Balaban J connectivity index is 1.53. The van der Waals surface area contributed by atoms with Crippen LogP contribution in [0.2, 0.25) is 0 Å². The van der Waals surface area contributed by atoms with Gasteiger partial charge < -0.3 is 14.8 Å². The molecule has 1 heterocycles. The molecule has 1 amide bonds. The molecule has 1 N–H and O–H groups in total. The van der Waals surface area contributed by atoms with E-state index in [9.17, 15) is 4.79 Å². The summed E-state index contributed by atoms with van der Waals surface area (Å²) in [4.78, 5) is 11.7. The van der Waals surface area contributed by atoms with Crippen molar-refractivity contribution in [2.24, 2.45) is 5.92 Å². The summed E-state index contributed by atoms with van der Waals surface area (Å²) in [6.07, 6.45) is 8.18. The number of carbonyl (C=O) groups is 1. The van der Waals surface area contributed by atoms with Crippen molar-refractivity contribution in [1.29, 1.82) is 0 Å². The molecule has 0 aromatic rings. The van der Waals surface area contributed by atoms with Crippen LogP contribution < -0.4 is 5.32 Å². The number of hydrogen-bond donors (Lipinski definition) is 1. The number of hydrogen-bond acceptors (Lipinski definition) is 3. The molecular weight excluding hydrogens is 230 g/mol. The topological polar surface area (TPSA) is 47.6 Å². The zero-order valence-electron chi connectivity index (χ0n) is 11.2. The monoisotopic (exact) mass is 255 g/mol. The van der Waals surface area contributed by atoms with Crippen molar-refractivity contribution < 1.29 is 14.3 Å². The van der Waals surface area contributed by atoms with Gasteiger partial charge in [0.2, 0.25) is 5.91 Å². The molecule has 0 radical (unpaired) electrons. The van der Waals surface area contributed by atoms with E-state index >= 15 is 0 Å². The van der Waals surface area contributed by atoms with Crippen LogP contribution in [-0.4, -0.2) is 38.4 Å². The number of ether oxygens (including phenoxy) is 2. The predicted octanol–water partition coefficient (Wildman–Crippen LogP) is 1.88. The minimum Gasteiger partial charge on any atom is -0.381 e. The van der Waals surface area contributed by atoms with Crippen LogP contribution >= 0.6 is 0 Å². The van der Waals surface area contributed by atoms with Gasteiger partial charge in [-0.3, -0.25) is 4.79 Å². The lowest BCUT2D eigenvalue weighted by Gasteiger charge is -2.24. The van der Waals surface area contributed by atoms with Gasteiger partial charge in [0.1, 0.15) is 6.61 Å². The number of nitrogens with one attached hydrogen (secondary N) is 1. The van der Waals surface area contributed by atoms with Gasteiger partial charge in [0.05, 0.1) is 6.61 Å². The van der Waals surface area contributed by atoms with Crippen LogP contribution in [0.4, 0.5) is 0 Å². The van der Waals surface area contributed by atoms with Crippen LogP contribution in [0.5, 0.6) is 0 Å². The molecule has 18 heavy (non-hydrogen) atoms. The van der Waals surface area contributed by atoms with Gasteiger partial charge in [-0.05, 0) is 31.6 Å². The first-order chi connectivity index (χ1) is 8.84. The van der Waals surface area contributed by atoms with E-state index in [0.717, 1.165) is 38.9 Å². The summed E-state index contributed by atoms with van der Waals surface area (Å²) in [5.74, 6) is 0.621. The highest BCUT2D eigenvalue weighted by Gasteiger charge is 2.17. The van der Waals surface area contributed by atoms with Crippen molar-refractivity contribution >= 4 is 5.91 Å². The summed E-state index contributed by atoms with van der Waals surface area (Å²) in [6, 6.07) is 0.387. The van der Waals surface area contributed by atoms with Crippen LogP contribution in [0.1, 0.15) is 44.9 Å². The first-order valence-electron chi connectivity index (χ1n) is 7.29. The quantitative estimate of drug-likeness (QED) is 0.816. The lowest BCUT2D eigenvalue weighted by molar-refractivity contribution is -0.127. The van der Waals surface area contributed by atoms with Crippen molar-refractivity contribution in [3.8, 4) is 0 Å². The highest BCUT2D eigenvalue weighted by molar-refractivity contribution is 5.77. The molecule has 0 atom stereocenters. The first kappa shape index (κ1) is 13.8. The average molecular weight is 255 g/mol. The molecule has 2 fully saturated rings. The Morgan fingerprint density at radius 1 is 1.11 bits per heavy atom. The Bertz CT molecular complexity index is 245. The molecule has 1 aliphatic heterocycles. The fourth-order valence-electron chi connectivity index (χ4n) is 2.75. The molecule has 0 aromatic carbocycles. The minimum atomic E-state index is 0.0500. The van der Waals surface area contributed by atoms with E-state index in [1.54, 1.807) is 0 Å². The van der Waals surface area contributed by atoms with Gasteiger partial charge in [0, 0.05) is 19.3 Å². The summed E-state index contributed by atoms with van der Waals surface area (Å²) in [6.45, 7) is 2.58. The number of amides is 1. The zero-order chi connectivity index (χ0) is 12.6. The Morgan fingerprint density at radius 2 is 1.83 bits per heavy atom. The smallest absolute Gasteiger partial charge is 0.246 e. The van der Waals surface area contributed by atoms with Crippen LogP contribution in [0.3, 0.4) is 0 Å². The molecule has 0 spiro atoms. The third-order valence-corrected chi connectivity index (χ3v) is 3.90. The Morgan fingerprint density at radius 3 is 2.56 bits per heavy atom. The standard InChI is InChI=1S/C14H25NO3/c16-14(15-13-4-2-1-3-5-13)11-18-10-12-6-8-17-9-7-12/h12-13H,1-11H2,(H,15,16). The third kappa shape index (κ3) is 4.94. The maximum Gasteiger partial charge on any atom is 0.246 e. The third-order valence-electron chi connectivity index (χ3n) is 3.90. The van der Waals surface area contributed by atoms with Crippen LogP contribution in [-0.2, 0) is 14.3 Å². The summed E-state index contributed by atoms with van der Waals surface area (Å²) in [5.41, 5.74) is 0. The normalized spacial score (nSPS) is 22.9. The Labute approximate surface area is 109 Å². The van der Waals surface area contributed by atoms with E-state index in [1.165, 1.54) is 19.3 Å². The number of rotatable bonds is 5. The van der Waals surface area contributed by atoms with E-state index in [1.807, 2.05) is 0 Å². The maximum absolute atomic E-state index is 11.7. The average Bonchev–Trinajstić information content (AvgIpc) is 2.41. The SMILES string of the molecule is O=C(COCC1CCOCC1)NC1CCCCC1. The fraction of sp³-hybridized carbons (Fsp3) is 0.929. The van der Waals surface area contributed by atoms with Gasteiger partial charge in [-0.2, -0.15) is 0 Å². The lowest BCUT2D eigenvalue weighted by atomic mass is 9.95. The summed E-state index contributed by atoms with van der Waals surface area (Å²) < 4.78 is 10.8. The Hall–Kier alpha value is -0.610. The second-order valence-corrected chi connectivity index (χ2v) is 5.47.